The Morgan fingerprint density at radius 1 is 1.38 bits per heavy atom. The molecule has 0 fully saturated rings. The highest BCUT2D eigenvalue weighted by Gasteiger charge is 2.16. The molecule has 0 saturated heterocycles. The van der Waals surface area contributed by atoms with E-state index in [0.29, 0.717) is 6.54 Å². The summed E-state index contributed by atoms with van der Waals surface area (Å²) in [5, 5.41) is 10.5. The van der Waals surface area contributed by atoms with E-state index in [4.69, 9.17) is 4.74 Å². The maximum atomic E-state index is 11.6. The SMILES string of the molecule is Cc1nn(C)c(C)c1CNC(C)CNC(=O)OC(C)(C)C. The van der Waals surface area contributed by atoms with Gasteiger partial charge in [0.05, 0.1) is 5.69 Å². The average molecular weight is 296 g/mol. The highest BCUT2D eigenvalue weighted by atomic mass is 16.6. The van der Waals surface area contributed by atoms with Crippen LogP contribution in [0.2, 0.25) is 0 Å². The van der Waals surface area contributed by atoms with Gasteiger partial charge < -0.3 is 15.4 Å². The van der Waals surface area contributed by atoms with E-state index in [2.05, 4.69) is 22.7 Å². The molecule has 0 aromatic carbocycles. The Labute approximate surface area is 127 Å². The number of hydrogen-bond donors (Lipinski definition) is 2. The Morgan fingerprint density at radius 2 is 2.00 bits per heavy atom. The van der Waals surface area contributed by atoms with Gasteiger partial charge in [-0.2, -0.15) is 5.10 Å². The van der Waals surface area contributed by atoms with Crippen LogP contribution in [-0.4, -0.2) is 34.1 Å². The molecule has 1 amide bonds. The lowest BCUT2D eigenvalue weighted by atomic mass is 10.2. The lowest BCUT2D eigenvalue weighted by Gasteiger charge is -2.21. The second-order valence-electron chi connectivity index (χ2n) is 6.44. The Kier molecular flexibility index (Phi) is 5.78. The molecule has 0 aliphatic rings. The van der Waals surface area contributed by atoms with Gasteiger partial charge in [-0.15, -0.1) is 0 Å². The molecule has 120 valence electrons. The molecule has 21 heavy (non-hydrogen) atoms. The van der Waals surface area contributed by atoms with E-state index in [0.717, 1.165) is 17.9 Å². The number of carbonyl (C=O) groups is 1. The van der Waals surface area contributed by atoms with E-state index >= 15 is 0 Å². The first-order valence-electron chi connectivity index (χ1n) is 7.29. The van der Waals surface area contributed by atoms with Gasteiger partial charge in [-0.25, -0.2) is 4.79 Å². The van der Waals surface area contributed by atoms with Crippen LogP contribution in [0.4, 0.5) is 4.79 Å². The fraction of sp³-hybridized carbons (Fsp3) is 0.733. The summed E-state index contributed by atoms with van der Waals surface area (Å²) >= 11 is 0. The molecule has 0 saturated carbocycles. The van der Waals surface area contributed by atoms with E-state index in [9.17, 15) is 4.79 Å². The van der Waals surface area contributed by atoms with Gasteiger partial charge in [-0.3, -0.25) is 4.68 Å². The monoisotopic (exact) mass is 296 g/mol. The van der Waals surface area contributed by atoms with Crippen LogP contribution < -0.4 is 10.6 Å². The number of carbonyl (C=O) groups excluding carboxylic acids is 1. The quantitative estimate of drug-likeness (QED) is 0.872. The van der Waals surface area contributed by atoms with Gasteiger partial charge in [-0.05, 0) is 41.5 Å². The molecule has 0 bridgehead atoms. The van der Waals surface area contributed by atoms with Gasteiger partial charge >= 0.3 is 6.09 Å². The van der Waals surface area contributed by atoms with Crippen molar-refractivity contribution in [2.24, 2.45) is 7.05 Å². The van der Waals surface area contributed by atoms with Crippen molar-refractivity contribution in [2.75, 3.05) is 6.54 Å². The molecular weight excluding hydrogens is 268 g/mol. The Hall–Kier alpha value is -1.56. The predicted molar refractivity (Wildman–Crippen MR) is 83.2 cm³/mol. The van der Waals surface area contributed by atoms with Gasteiger partial charge in [0.2, 0.25) is 0 Å². The summed E-state index contributed by atoms with van der Waals surface area (Å²) in [6, 6.07) is 0.150. The zero-order chi connectivity index (χ0) is 16.2. The molecule has 2 N–H and O–H groups in total. The Bertz CT molecular complexity index is 489. The lowest BCUT2D eigenvalue weighted by Crippen LogP contribution is -2.41. The molecule has 0 aliphatic carbocycles. The van der Waals surface area contributed by atoms with Crippen LogP contribution in [0, 0.1) is 13.8 Å². The summed E-state index contributed by atoms with van der Waals surface area (Å²) in [7, 11) is 1.94. The van der Waals surface area contributed by atoms with Crippen molar-refractivity contribution in [1.29, 1.82) is 0 Å². The van der Waals surface area contributed by atoms with E-state index in [1.165, 1.54) is 5.56 Å². The number of aromatic nitrogens is 2. The smallest absolute Gasteiger partial charge is 0.407 e. The molecule has 1 rings (SSSR count). The highest BCUT2D eigenvalue weighted by molar-refractivity contribution is 5.67. The minimum Gasteiger partial charge on any atom is -0.444 e. The maximum Gasteiger partial charge on any atom is 0.407 e. The van der Waals surface area contributed by atoms with Gasteiger partial charge in [-0.1, -0.05) is 0 Å². The summed E-state index contributed by atoms with van der Waals surface area (Å²) in [6.45, 7) is 12.9. The van der Waals surface area contributed by atoms with Crippen LogP contribution >= 0.6 is 0 Å². The molecule has 0 aliphatic heterocycles. The Balaban J connectivity index is 2.38. The average Bonchev–Trinajstić information content (AvgIpc) is 2.57. The summed E-state index contributed by atoms with van der Waals surface area (Å²) in [5.74, 6) is 0. The number of ether oxygens (including phenoxy) is 1. The molecule has 1 heterocycles. The number of amides is 1. The minimum atomic E-state index is -0.468. The zero-order valence-corrected chi connectivity index (χ0v) is 14.2. The van der Waals surface area contributed by atoms with Crippen LogP contribution in [0.15, 0.2) is 0 Å². The largest absolute Gasteiger partial charge is 0.444 e. The molecule has 1 aromatic heterocycles. The summed E-state index contributed by atoms with van der Waals surface area (Å²) < 4.78 is 7.09. The van der Waals surface area contributed by atoms with Crippen LogP contribution in [-0.2, 0) is 18.3 Å². The number of hydrogen-bond acceptors (Lipinski definition) is 4. The summed E-state index contributed by atoms with van der Waals surface area (Å²) in [5.41, 5.74) is 2.94. The van der Waals surface area contributed by atoms with Crippen molar-refractivity contribution in [1.82, 2.24) is 20.4 Å². The molecule has 0 radical (unpaired) electrons. The molecule has 6 nitrogen and oxygen atoms in total. The fourth-order valence-corrected chi connectivity index (χ4v) is 1.97. The predicted octanol–water partition coefficient (Wildman–Crippen LogP) is 2.04. The second-order valence-corrected chi connectivity index (χ2v) is 6.44. The van der Waals surface area contributed by atoms with Crippen molar-refractivity contribution in [3.05, 3.63) is 17.0 Å². The van der Waals surface area contributed by atoms with E-state index in [1.54, 1.807) is 0 Å². The third-order valence-corrected chi connectivity index (χ3v) is 3.24. The zero-order valence-electron chi connectivity index (χ0n) is 14.2. The fourth-order valence-electron chi connectivity index (χ4n) is 1.97. The topological polar surface area (TPSA) is 68.2 Å². The number of aryl methyl sites for hydroxylation is 2. The van der Waals surface area contributed by atoms with Crippen molar-refractivity contribution in [2.45, 2.75) is 59.7 Å². The third-order valence-electron chi connectivity index (χ3n) is 3.24. The van der Waals surface area contributed by atoms with Crippen LogP contribution in [0.25, 0.3) is 0 Å². The van der Waals surface area contributed by atoms with E-state index in [-0.39, 0.29) is 12.1 Å². The standard InChI is InChI=1S/C15H28N4O2/c1-10(8-17-14(20)21-15(4,5)6)16-9-13-11(2)18-19(7)12(13)3/h10,16H,8-9H2,1-7H3,(H,17,20). The number of nitrogens with one attached hydrogen (secondary N) is 2. The van der Waals surface area contributed by atoms with Crippen LogP contribution in [0.3, 0.4) is 0 Å². The van der Waals surface area contributed by atoms with Gasteiger partial charge in [0.1, 0.15) is 5.60 Å². The van der Waals surface area contributed by atoms with Crippen LogP contribution in [0.5, 0.6) is 0 Å². The normalized spacial score (nSPS) is 13.1. The first-order chi connectivity index (χ1) is 9.60. The number of alkyl carbamates (subject to hydrolysis) is 1. The maximum absolute atomic E-state index is 11.6. The number of nitrogens with zero attached hydrogens (tertiary/aromatic N) is 2. The first-order valence-corrected chi connectivity index (χ1v) is 7.29. The molecule has 1 atom stereocenters. The van der Waals surface area contributed by atoms with E-state index < -0.39 is 5.60 Å². The van der Waals surface area contributed by atoms with Crippen molar-refractivity contribution >= 4 is 6.09 Å². The third kappa shape index (κ3) is 5.75. The van der Waals surface area contributed by atoms with Gasteiger partial charge in [0.25, 0.3) is 0 Å². The second kappa shape index (κ2) is 6.93. The first kappa shape index (κ1) is 17.5. The van der Waals surface area contributed by atoms with E-state index in [1.807, 2.05) is 46.3 Å². The van der Waals surface area contributed by atoms with Crippen molar-refractivity contribution < 1.29 is 9.53 Å². The summed E-state index contributed by atoms with van der Waals surface area (Å²) in [6.07, 6.45) is -0.384. The molecule has 6 heteroatoms. The van der Waals surface area contributed by atoms with Gasteiger partial charge in [0, 0.05) is 37.4 Å². The Morgan fingerprint density at radius 3 is 2.48 bits per heavy atom. The van der Waals surface area contributed by atoms with Crippen molar-refractivity contribution in [3.63, 3.8) is 0 Å². The molecule has 1 unspecified atom stereocenters. The molecule has 1 aromatic rings. The molecular formula is C15H28N4O2. The highest BCUT2D eigenvalue weighted by Crippen LogP contribution is 2.11. The lowest BCUT2D eigenvalue weighted by molar-refractivity contribution is 0.0523. The van der Waals surface area contributed by atoms with Gasteiger partial charge in [0.15, 0.2) is 0 Å². The number of rotatable bonds is 5. The van der Waals surface area contributed by atoms with Crippen molar-refractivity contribution in [3.8, 4) is 0 Å². The van der Waals surface area contributed by atoms with Crippen LogP contribution in [0.1, 0.15) is 44.6 Å². The summed E-state index contributed by atoms with van der Waals surface area (Å²) in [4.78, 5) is 11.6. The molecule has 0 spiro atoms. The minimum absolute atomic E-state index is 0.150.